The van der Waals surface area contributed by atoms with Gasteiger partial charge in [0.2, 0.25) is 5.91 Å². The second-order valence-electron chi connectivity index (χ2n) is 5.67. The van der Waals surface area contributed by atoms with E-state index in [0.717, 1.165) is 16.7 Å². The summed E-state index contributed by atoms with van der Waals surface area (Å²) in [5.41, 5.74) is 9.15. The van der Waals surface area contributed by atoms with Crippen LogP contribution in [0.5, 0.6) is 0 Å². The van der Waals surface area contributed by atoms with Crippen LogP contribution in [0.15, 0.2) is 52.9 Å². The van der Waals surface area contributed by atoms with Gasteiger partial charge in [-0.25, -0.2) is 0 Å². The largest absolute Gasteiger partial charge is 0.369 e. The number of carbonyl (C=O) groups is 1. The number of nitrogens with two attached hydrogens (primary N) is 1. The molecule has 3 aromatic heterocycles. The lowest BCUT2D eigenvalue weighted by atomic mass is 10.0. The number of rotatable bonds is 5. The number of carbonyl (C=O) groups excluding carboxylic acids is 1. The van der Waals surface area contributed by atoms with Crippen molar-refractivity contribution in [2.24, 2.45) is 5.73 Å². The third-order valence-electron chi connectivity index (χ3n) is 3.88. The Hall–Kier alpha value is -2.71. The Morgan fingerprint density at radius 3 is 2.77 bits per heavy atom. The predicted molar refractivity (Wildman–Crippen MR) is 104 cm³/mol. The van der Waals surface area contributed by atoms with E-state index in [0.29, 0.717) is 16.5 Å². The second kappa shape index (κ2) is 6.89. The number of aromatic nitrogens is 4. The Balaban J connectivity index is 1.83. The molecule has 1 amide bonds. The zero-order valence-electron chi connectivity index (χ0n) is 13.9. The van der Waals surface area contributed by atoms with Gasteiger partial charge in [0, 0.05) is 21.4 Å². The Morgan fingerprint density at radius 1 is 1.19 bits per heavy atom. The van der Waals surface area contributed by atoms with E-state index in [2.05, 4.69) is 39.7 Å². The summed E-state index contributed by atoms with van der Waals surface area (Å²) in [6, 6.07) is 13.9. The third kappa shape index (κ3) is 3.09. The maximum absolute atomic E-state index is 11.0. The van der Waals surface area contributed by atoms with Gasteiger partial charge < -0.3 is 5.73 Å². The quantitative estimate of drug-likeness (QED) is 0.536. The first-order valence-electron chi connectivity index (χ1n) is 7.91. The highest BCUT2D eigenvalue weighted by Crippen LogP contribution is 2.38. The summed E-state index contributed by atoms with van der Waals surface area (Å²) in [6.45, 7) is 2.10. The Labute approximate surface area is 158 Å². The maximum Gasteiger partial charge on any atom is 0.227 e. The van der Waals surface area contributed by atoms with Crippen molar-refractivity contribution in [1.82, 2.24) is 19.8 Å². The fraction of sp³-hybridized carbons (Fsp3) is 0.111. The van der Waals surface area contributed by atoms with E-state index in [1.165, 1.54) is 16.6 Å². The van der Waals surface area contributed by atoms with E-state index in [9.17, 15) is 4.79 Å². The van der Waals surface area contributed by atoms with E-state index in [4.69, 9.17) is 5.73 Å². The standard InChI is InChI=1S/C18H15N5OS2/c1-11-17(12-5-3-2-4-6-12)13(9-25-11)18-21-20-15-7-8-16(22-23(15)18)26-10-14(19)24/h2-9H,10H2,1H3,(H2,19,24). The molecule has 0 aliphatic carbocycles. The van der Waals surface area contributed by atoms with Crippen LogP contribution in [0.25, 0.3) is 28.2 Å². The SMILES string of the molecule is Cc1scc(-c2nnc3ccc(SCC(N)=O)nn23)c1-c1ccccc1. The van der Waals surface area contributed by atoms with Crippen LogP contribution in [-0.2, 0) is 4.79 Å². The van der Waals surface area contributed by atoms with Crippen LogP contribution in [0.1, 0.15) is 4.88 Å². The van der Waals surface area contributed by atoms with Crippen LogP contribution >= 0.6 is 23.1 Å². The molecule has 0 saturated carbocycles. The van der Waals surface area contributed by atoms with Crippen molar-refractivity contribution in [3.05, 3.63) is 52.7 Å². The van der Waals surface area contributed by atoms with Crippen molar-refractivity contribution in [3.8, 4) is 22.5 Å². The minimum Gasteiger partial charge on any atom is -0.369 e. The number of fused-ring (bicyclic) bond motifs is 1. The number of benzene rings is 1. The molecule has 8 heteroatoms. The molecule has 0 radical (unpaired) electrons. The summed E-state index contributed by atoms with van der Waals surface area (Å²) in [4.78, 5) is 12.2. The van der Waals surface area contributed by atoms with Gasteiger partial charge in [0.25, 0.3) is 0 Å². The smallest absolute Gasteiger partial charge is 0.227 e. The van der Waals surface area contributed by atoms with Crippen LogP contribution < -0.4 is 5.73 Å². The summed E-state index contributed by atoms with van der Waals surface area (Å²) in [6.07, 6.45) is 0. The molecule has 0 unspecified atom stereocenters. The summed E-state index contributed by atoms with van der Waals surface area (Å²) < 4.78 is 1.72. The molecule has 3 heterocycles. The fourth-order valence-electron chi connectivity index (χ4n) is 2.74. The highest BCUT2D eigenvalue weighted by Gasteiger charge is 2.18. The Bertz CT molecular complexity index is 1090. The lowest BCUT2D eigenvalue weighted by Gasteiger charge is -2.05. The molecule has 0 fully saturated rings. The summed E-state index contributed by atoms with van der Waals surface area (Å²) in [5, 5.41) is 15.9. The van der Waals surface area contributed by atoms with Crippen molar-refractivity contribution in [2.75, 3.05) is 5.75 Å². The molecule has 4 rings (SSSR count). The first-order chi connectivity index (χ1) is 12.6. The average molecular weight is 381 g/mol. The number of hydrogen-bond donors (Lipinski definition) is 1. The monoisotopic (exact) mass is 381 g/mol. The molecule has 130 valence electrons. The normalized spacial score (nSPS) is 11.1. The van der Waals surface area contributed by atoms with Gasteiger partial charge in [-0.3, -0.25) is 4.79 Å². The molecule has 4 aromatic rings. The highest BCUT2D eigenvalue weighted by atomic mass is 32.2. The third-order valence-corrected chi connectivity index (χ3v) is 5.73. The molecule has 1 aromatic carbocycles. The van der Waals surface area contributed by atoms with Crippen LogP contribution in [0.2, 0.25) is 0 Å². The molecule has 0 spiro atoms. The number of thioether (sulfide) groups is 1. The topological polar surface area (TPSA) is 86.2 Å². The van der Waals surface area contributed by atoms with Crippen molar-refractivity contribution in [3.63, 3.8) is 0 Å². The fourth-order valence-corrected chi connectivity index (χ4v) is 4.20. The van der Waals surface area contributed by atoms with Crippen molar-refractivity contribution in [1.29, 1.82) is 0 Å². The van der Waals surface area contributed by atoms with E-state index < -0.39 is 0 Å². The van der Waals surface area contributed by atoms with Gasteiger partial charge in [-0.15, -0.1) is 21.5 Å². The Kier molecular flexibility index (Phi) is 4.44. The molecule has 26 heavy (non-hydrogen) atoms. The number of hydrogen-bond acceptors (Lipinski definition) is 6. The van der Waals surface area contributed by atoms with E-state index in [1.54, 1.807) is 15.9 Å². The molecule has 0 saturated heterocycles. The van der Waals surface area contributed by atoms with Crippen molar-refractivity contribution >= 4 is 34.7 Å². The van der Waals surface area contributed by atoms with Crippen molar-refractivity contribution in [2.45, 2.75) is 11.9 Å². The summed E-state index contributed by atoms with van der Waals surface area (Å²) in [7, 11) is 0. The highest BCUT2D eigenvalue weighted by molar-refractivity contribution is 7.99. The number of aryl methyl sites for hydroxylation is 1. The van der Waals surface area contributed by atoms with Crippen molar-refractivity contribution < 1.29 is 4.79 Å². The molecule has 6 nitrogen and oxygen atoms in total. The molecule has 0 atom stereocenters. The van der Waals surface area contributed by atoms with Crippen LogP contribution in [0.3, 0.4) is 0 Å². The summed E-state index contributed by atoms with van der Waals surface area (Å²) >= 11 is 2.97. The molecule has 2 N–H and O–H groups in total. The van der Waals surface area contributed by atoms with E-state index in [1.807, 2.05) is 30.3 Å². The lowest BCUT2D eigenvalue weighted by molar-refractivity contribution is -0.115. The molecule has 0 aliphatic rings. The second-order valence-corrected chi connectivity index (χ2v) is 7.75. The van der Waals surface area contributed by atoms with Gasteiger partial charge in [-0.2, -0.15) is 9.61 Å². The van der Waals surface area contributed by atoms with Crippen LogP contribution in [0, 0.1) is 6.92 Å². The average Bonchev–Trinajstić information content (AvgIpc) is 3.23. The van der Waals surface area contributed by atoms with Gasteiger partial charge in [0.05, 0.1) is 5.75 Å². The number of primary amides is 1. The number of nitrogens with zero attached hydrogens (tertiary/aromatic N) is 4. The van der Waals surface area contributed by atoms with Gasteiger partial charge in [-0.05, 0) is 24.6 Å². The first kappa shape index (κ1) is 16.7. The van der Waals surface area contributed by atoms with E-state index >= 15 is 0 Å². The summed E-state index contributed by atoms with van der Waals surface area (Å²) in [5.74, 6) is 0.494. The van der Waals surface area contributed by atoms with Gasteiger partial charge in [-0.1, -0.05) is 42.1 Å². The molecular formula is C18H15N5OS2. The van der Waals surface area contributed by atoms with E-state index in [-0.39, 0.29) is 11.7 Å². The number of amides is 1. The first-order valence-corrected chi connectivity index (χ1v) is 9.77. The maximum atomic E-state index is 11.0. The number of thiophene rings is 1. The molecular weight excluding hydrogens is 366 g/mol. The van der Waals surface area contributed by atoms with Gasteiger partial charge >= 0.3 is 0 Å². The zero-order chi connectivity index (χ0) is 18.1. The lowest BCUT2D eigenvalue weighted by Crippen LogP contribution is -2.13. The minimum absolute atomic E-state index is 0.183. The molecule has 0 bridgehead atoms. The zero-order valence-corrected chi connectivity index (χ0v) is 15.5. The molecule has 0 aliphatic heterocycles. The predicted octanol–water partition coefficient (Wildman–Crippen LogP) is 3.41. The van der Waals surface area contributed by atoms with Crippen LogP contribution in [-0.4, -0.2) is 31.5 Å². The van der Waals surface area contributed by atoms with Crippen LogP contribution in [0.4, 0.5) is 0 Å². The van der Waals surface area contributed by atoms with Gasteiger partial charge in [0.1, 0.15) is 5.03 Å². The Morgan fingerprint density at radius 2 is 2.00 bits per heavy atom. The van der Waals surface area contributed by atoms with Gasteiger partial charge in [0.15, 0.2) is 11.5 Å². The minimum atomic E-state index is -0.374.